The number of halogens is 2. The van der Waals surface area contributed by atoms with Crippen LogP contribution in [0.2, 0.25) is 0 Å². The van der Waals surface area contributed by atoms with Crippen LogP contribution in [0.25, 0.3) is 10.9 Å². The normalized spacial score (nSPS) is 25.2. The van der Waals surface area contributed by atoms with Crippen LogP contribution in [-0.4, -0.2) is 61.7 Å². The van der Waals surface area contributed by atoms with Crippen LogP contribution >= 0.6 is 0 Å². The molecular formula is C21H27F2N3O5S. The SMILES string of the molecule is CC(O)(COc1nc(N2C[C@@H]3CC[C@@](C)(C3)C2)c2cc(F)cc(F)c2n1)COS(C)(=O)=O. The Morgan fingerprint density at radius 2 is 2.06 bits per heavy atom. The zero-order chi connectivity index (χ0) is 23.3. The van der Waals surface area contributed by atoms with E-state index >= 15 is 0 Å². The van der Waals surface area contributed by atoms with Gasteiger partial charge in [-0.1, -0.05) is 6.92 Å². The van der Waals surface area contributed by atoms with E-state index in [2.05, 4.69) is 21.1 Å². The van der Waals surface area contributed by atoms with Crippen molar-refractivity contribution < 1.29 is 31.2 Å². The lowest BCUT2D eigenvalue weighted by atomic mass is 9.84. The molecule has 8 nitrogen and oxygen atoms in total. The fraction of sp³-hybridized carbons (Fsp3) is 0.619. The summed E-state index contributed by atoms with van der Waals surface area (Å²) in [5.74, 6) is -0.698. The van der Waals surface area contributed by atoms with Gasteiger partial charge < -0.3 is 14.7 Å². The van der Waals surface area contributed by atoms with E-state index in [1.54, 1.807) is 0 Å². The number of nitrogens with zero attached hydrogens (tertiary/aromatic N) is 3. The highest BCUT2D eigenvalue weighted by atomic mass is 32.2. The van der Waals surface area contributed by atoms with Crippen molar-refractivity contribution >= 4 is 26.8 Å². The molecule has 2 fully saturated rings. The molecule has 0 spiro atoms. The zero-order valence-electron chi connectivity index (χ0n) is 18.3. The van der Waals surface area contributed by atoms with Gasteiger partial charge in [0.2, 0.25) is 0 Å². The van der Waals surface area contributed by atoms with Gasteiger partial charge in [0.15, 0.2) is 5.82 Å². The second kappa shape index (κ2) is 8.03. The molecule has 0 amide bonds. The summed E-state index contributed by atoms with van der Waals surface area (Å²) in [6, 6.07) is 1.77. The maximum absolute atomic E-state index is 14.6. The summed E-state index contributed by atoms with van der Waals surface area (Å²) >= 11 is 0. The second-order valence-corrected chi connectivity index (χ2v) is 11.3. The monoisotopic (exact) mass is 471 g/mol. The topological polar surface area (TPSA) is 102 Å². The lowest BCUT2D eigenvalue weighted by molar-refractivity contribution is -0.0250. The molecule has 2 bridgehead atoms. The highest BCUT2D eigenvalue weighted by molar-refractivity contribution is 7.85. The Morgan fingerprint density at radius 1 is 1.31 bits per heavy atom. The van der Waals surface area contributed by atoms with Crippen molar-refractivity contribution in [2.45, 2.75) is 38.7 Å². The number of aliphatic hydroxyl groups is 1. The number of rotatable bonds is 7. The van der Waals surface area contributed by atoms with Crippen molar-refractivity contribution in [3.05, 3.63) is 23.8 Å². The number of fused-ring (bicyclic) bond motifs is 3. The molecule has 0 radical (unpaired) electrons. The number of piperidine rings is 1. The van der Waals surface area contributed by atoms with Gasteiger partial charge in [0, 0.05) is 24.5 Å². The van der Waals surface area contributed by atoms with E-state index in [-0.39, 0.29) is 22.3 Å². The molecule has 2 aliphatic rings. The Kier molecular flexibility index (Phi) is 5.79. The molecule has 1 aliphatic heterocycles. The standard InChI is InChI=1S/C21H27F2N3O5S/c1-20-5-4-13(8-20)9-26(10-20)18-15-6-14(22)7-16(23)17(15)24-19(25-18)30-11-21(2,27)12-31-32(3,28)29/h6-7,13,27H,4-5,8-12H2,1-3H3/t13-,20+,21?/m1/s1. The quantitative estimate of drug-likeness (QED) is 0.615. The van der Waals surface area contributed by atoms with E-state index in [1.807, 2.05) is 4.90 Å². The van der Waals surface area contributed by atoms with Gasteiger partial charge in [-0.3, -0.25) is 4.18 Å². The Labute approximate surface area is 185 Å². The summed E-state index contributed by atoms with van der Waals surface area (Å²) in [5.41, 5.74) is -1.64. The van der Waals surface area contributed by atoms with Crippen molar-refractivity contribution in [3.63, 3.8) is 0 Å². The maximum Gasteiger partial charge on any atom is 0.319 e. The summed E-state index contributed by atoms with van der Waals surface area (Å²) in [4.78, 5) is 10.5. The van der Waals surface area contributed by atoms with Crippen molar-refractivity contribution in [2.75, 3.05) is 37.5 Å². The minimum Gasteiger partial charge on any atom is -0.460 e. The minimum absolute atomic E-state index is 0.0819. The van der Waals surface area contributed by atoms with Crippen LogP contribution in [0.5, 0.6) is 6.01 Å². The molecular weight excluding hydrogens is 444 g/mol. The molecule has 2 aromatic rings. The van der Waals surface area contributed by atoms with Gasteiger partial charge in [-0.05, 0) is 43.6 Å². The Bertz CT molecular complexity index is 1140. The van der Waals surface area contributed by atoms with Crippen LogP contribution in [0.1, 0.15) is 33.1 Å². The molecule has 11 heteroatoms. The Hall–Kier alpha value is -2.11. The maximum atomic E-state index is 14.6. The Balaban J connectivity index is 1.66. The molecule has 1 aliphatic carbocycles. The molecule has 1 saturated heterocycles. The van der Waals surface area contributed by atoms with Crippen LogP contribution in [-0.2, 0) is 14.3 Å². The lowest BCUT2D eigenvalue weighted by Crippen LogP contribution is -2.42. The fourth-order valence-corrected chi connectivity index (χ4v) is 5.14. The first-order chi connectivity index (χ1) is 14.8. The van der Waals surface area contributed by atoms with Crippen LogP contribution in [0, 0.1) is 23.0 Å². The summed E-state index contributed by atoms with van der Waals surface area (Å²) in [6.45, 7) is 4.04. The van der Waals surface area contributed by atoms with E-state index in [0.717, 1.165) is 38.1 Å². The molecule has 3 atom stereocenters. The van der Waals surface area contributed by atoms with Crippen LogP contribution in [0.4, 0.5) is 14.6 Å². The second-order valence-electron chi connectivity index (χ2n) is 9.67. The number of benzene rings is 1. The predicted octanol–water partition coefficient (Wildman–Crippen LogP) is 2.64. The molecule has 1 aromatic heterocycles. The number of hydrogen-bond acceptors (Lipinski definition) is 8. The average Bonchev–Trinajstić information content (AvgIpc) is 2.96. The van der Waals surface area contributed by atoms with Crippen molar-refractivity contribution in [1.82, 2.24) is 9.97 Å². The van der Waals surface area contributed by atoms with Gasteiger partial charge in [-0.15, -0.1) is 0 Å². The molecule has 32 heavy (non-hydrogen) atoms. The van der Waals surface area contributed by atoms with E-state index < -0.39 is 40.6 Å². The third-order valence-electron chi connectivity index (χ3n) is 6.06. The van der Waals surface area contributed by atoms with Gasteiger partial charge in [0.1, 0.15) is 29.4 Å². The third kappa shape index (κ3) is 5.10. The van der Waals surface area contributed by atoms with Crippen LogP contribution in [0.3, 0.4) is 0 Å². The molecule has 1 N–H and O–H groups in total. The molecule has 1 unspecified atom stereocenters. The summed E-state index contributed by atoms with van der Waals surface area (Å²) < 4.78 is 61.2. The molecule has 1 aromatic carbocycles. The summed E-state index contributed by atoms with van der Waals surface area (Å²) in [6.07, 6.45) is 4.18. The summed E-state index contributed by atoms with van der Waals surface area (Å²) in [7, 11) is -3.75. The largest absolute Gasteiger partial charge is 0.460 e. The van der Waals surface area contributed by atoms with E-state index in [1.165, 1.54) is 13.0 Å². The fourth-order valence-electron chi connectivity index (χ4n) is 4.67. The van der Waals surface area contributed by atoms with Crippen molar-refractivity contribution in [3.8, 4) is 6.01 Å². The first-order valence-electron chi connectivity index (χ1n) is 10.4. The number of hydrogen-bond donors (Lipinski definition) is 1. The average molecular weight is 472 g/mol. The third-order valence-corrected chi connectivity index (χ3v) is 6.61. The highest BCUT2D eigenvalue weighted by Crippen LogP contribution is 2.47. The van der Waals surface area contributed by atoms with Crippen LogP contribution in [0.15, 0.2) is 12.1 Å². The zero-order valence-corrected chi connectivity index (χ0v) is 19.1. The highest BCUT2D eigenvalue weighted by Gasteiger charge is 2.42. The van der Waals surface area contributed by atoms with Gasteiger partial charge in [0.25, 0.3) is 10.1 Å². The van der Waals surface area contributed by atoms with Gasteiger partial charge in [-0.25, -0.2) is 8.78 Å². The smallest absolute Gasteiger partial charge is 0.319 e. The predicted molar refractivity (Wildman–Crippen MR) is 114 cm³/mol. The Morgan fingerprint density at radius 3 is 2.75 bits per heavy atom. The van der Waals surface area contributed by atoms with E-state index in [0.29, 0.717) is 18.3 Å². The van der Waals surface area contributed by atoms with Crippen LogP contribution < -0.4 is 9.64 Å². The molecule has 176 valence electrons. The number of ether oxygens (including phenoxy) is 1. The molecule has 1 saturated carbocycles. The number of anilines is 1. The first-order valence-corrected chi connectivity index (χ1v) is 12.3. The molecule has 2 heterocycles. The number of aromatic nitrogens is 2. The summed E-state index contributed by atoms with van der Waals surface area (Å²) in [5, 5.41) is 10.6. The van der Waals surface area contributed by atoms with Crippen molar-refractivity contribution in [1.29, 1.82) is 0 Å². The first kappa shape index (κ1) is 23.1. The molecule has 4 rings (SSSR count). The van der Waals surface area contributed by atoms with Gasteiger partial charge >= 0.3 is 6.01 Å². The van der Waals surface area contributed by atoms with E-state index in [4.69, 9.17) is 4.74 Å². The minimum atomic E-state index is -3.75. The van der Waals surface area contributed by atoms with Gasteiger partial charge in [0.05, 0.1) is 12.9 Å². The van der Waals surface area contributed by atoms with E-state index in [9.17, 15) is 22.3 Å². The van der Waals surface area contributed by atoms with Crippen molar-refractivity contribution in [2.24, 2.45) is 11.3 Å². The lowest BCUT2D eigenvalue weighted by Gasteiger charge is -2.39. The van der Waals surface area contributed by atoms with Gasteiger partial charge in [-0.2, -0.15) is 18.4 Å².